The molecule has 0 aliphatic rings. The summed E-state index contributed by atoms with van der Waals surface area (Å²) in [4.78, 5) is 4.64. The van der Waals surface area contributed by atoms with E-state index >= 15 is 0 Å². The molecule has 1 rings (SSSR count). The fourth-order valence-corrected chi connectivity index (χ4v) is 3.11. The molecule has 0 saturated carbocycles. The molecule has 0 bridgehead atoms. The van der Waals surface area contributed by atoms with Crippen LogP contribution in [0.3, 0.4) is 0 Å². The number of hydrogen-bond acceptors (Lipinski definition) is 4. The molecule has 1 heterocycles. The standard InChI is InChI=1S/C11H20N2S2/c1-8(12)5-14-7-10-13-9(6-15-10)11(2,3)4/h6,8H,5,7,12H2,1-4H3. The summed E-state index contributed by atoms with van der Waals surface area (Å²) >= 11 is 3.62. The summed E-state index contributed by atoms with van der Waals surface area (Å²) in [5.41, 5.74) is 7.06. The number of nitrogens with two attached hydrogens (primary N) is 1. The lowest BCUT2D eigenvalue weighted by Gasteiger charge is -2.14. The van der Waals surface area contributed by atoms with Gasteiger partial charge in [-0.3, -0.25) is 0 Å². The monoisotopic (exact) mass is 244 g/mol. The van der Waals surface area contributed by atoms with E-state index in [0.29, 0.717) is 0 Å². The number of thiazole rings is 1. The summed E-state index contributed by atoms with van der Waals surface area (Å²) in [6.45, 7) is 8.62. The molecule has 1 aromatic rings. The van der Waals surface area contributed by atoms with Gasteiger partial charge in [-0.05, 0) is 6.92 Å². The average Bonchev–Trinajstić information content (AvgIpc) is 2.51. The minimum atomic E-state index is 0.167. The largest absolute Gasteiger partial charge is 0.327 e. The van der Waals surface area contributed by atoms with E-state index in [0.717, 1.165) is 11.5 Å². The second kappa shape index (κ2) is 5.32. The van der Waals surface area contributed by atoms with E-state index in [2.05, 4.69) is 31.1 Å². The third kappa shape index (κ3) is 4.53. The van der Waals surface area contributed by atoms with Crippen LogP contribution in [0.5, 0.6) is 0 Å². The van der Waals surface area contributed by atoms with Gasteiger partial charge in [-0.2, -0.15) is 11.8 Å². The minimum Gasteiger partial charge on any atom is -0.327 e. The van der Waals surface area contributed by atoms with E-state index in [1.54, 1.807) is 11.3 Å². The molecule has 1 atom stereocenters. The lowest BCUT2D eigenvalue weighted by atomic mass is 9.93. The first kappa shape index (κ1) is 13.0. The first-order valence-electron chi connectivity index (χ1n) is 5.18. The van der Waals surface area contributed by atoms with Crippen molar-refractivity contribution in [3.8, 4) is 0 Å². The SMILES string of the molecule is CC(N)CSCc1nc(C(C)(C)C)cs1. The van der Waals surface area contributed by atoms with Crippen LogP contribution < -0.4 is 5.73 Å². The zero-order valence-electron chi connectivity index (χ0n) is 9.91. The van der Waals surface area contributed by atoms with Crippen LogP contribution in [0, 0.1) is 0 Å². The van der Waals surface area contributed by atoms with E-state index < -0.39 is 0 Å². The van der Waals surface area contributed by atoms with Gasteiger partial charge in [-0.15, -0.1) is 11.3 Å². The first-order valence-corrected chi connectivity index (χ1v) is 7.21. The van der Waals surface area contributed by atoms with Gasteiger partial charge >= 0.3 is 0 Å². The molecular formula is C11H20N2S2. The van der Waals surface area contributed by atoms with Crippen LogP contribution in [0.4, 0.5) is 0 Å². The van der Waals surface area contributed by atoms with Crippen LogP contribution >= 0.6 is 23.1 Å². The number of thioether (sulfide) groups is 1. The lowest BCUT2D eigenvalue weighted by Crippen LogP contribution is -2.17. The molecule has 1 aromatic heterocycles. The fourth-order valence-electron chi connectivity index (χ4n) is 1.05. The van der Waals surface area contributed by atoms with Crippen molar-refractivity contribution in [1.29, 1.82) is 0 Å². The molecule has 0 aromatic carbocycles. The Bertz CT molecular complexity index is 300. The molecule has 2 N–H and O–H groups in total. The van der Waals surface area contributed by atoms with Crippen LogP contribution in [-0.4, -0.2) is 16.8 Å². The van der Waals surface area contributed by atoms with Crippen molar-refractivity contribution < 1.29 is 0 Å². The van der Waals surface area contributed by atoms with E-state index in [9.17, 15) is 0 Å². The van der Waals surface area contributed by atoms with Crippen molar-refractivity contribution in [3.63, 3.8) is 0 Å². The van der Waals surface area contributed by atoms with Gasteiger partial charge in [-0.1, -0.05) is 20.8 Å². The molecule has 86 valence electrons. The number of rotatable bonds is 4. The number of aromatic nitrogens is 1. The predicted molar refractivity (Wildman–Crippen MR) is 70.6 cm³/mol. The van der Waals surface area contributed by atoms with E-state index in [4.69, 9.17) is 5.73 Å². The van der Waals surface area contributed by atoms with E-state index in [-0.39, 0.29) is 11.5 Å². The zero-order chi connectivity index (χ0) is 11.5. The van der Waals surface area contributed by atoms with Gasteiger partial charge in [0.1, 0.15) is 5.01 Å². The van der Waals surface area contributed by atoms with Crippen LogP contribution in [0.1, 0.15) is 38.4 Å². The second-order valence-electron chi connectivity index (χ2n) is 4.87. The maximum absolute atomic E-state index is 5.69. The minimum absolute atomic E-state index is 0.167. The third-order valence-electron chi connectivity index (χ3n) is 1.93. The van der Waals surface area contributed by atoms with E-state index in [1.165, 1.54) is 10.7 Å². The highest BCUT2D eigenvalue weighted by atomic mass is 32.2. The summed E-state index contributed by atoms with van der Waals surface area (Å²) < 4.78 is 0. The fraction of sp³-hybridized carbons (Fsp3) is 0.727. The molecule has 0 aliphatic carbocycles. The van der Waals surface area contributed by atoms with Crippen molar-refractivity contribution in [2.75, 3.05) is 5.75 Å². The summed E-state index contributed by atoms with van der Waals surface area (Å²) in [5, 5.41) is 3.38. The zero-order valence-corrected chi connectivity index (χ0v) is 11.5. The van der Waals surface area contributed by atoms with Crippen LogP contribution in [0.2, 0.25) is 0 Å². The molecule has 2 nitrogen and oxygen atoms in total. The number of nitrogens with zero attached hydrogens (tertiary/aromatic N) is 1. The van der Waals surface area contributed by atoms with Crippen LogP contribution in [-0.2, 0) is 11.2 Å². The Hall–Kier alpha value is -0.0600. The highest BCUT2D eigenvalue weighted by Gasteiger charge is 2.17. The van der Waals surface area contributed by atoms with Gasteiger partial charge in [0.05, 0.1) is 5.69 Å². The highest BCUT2D eigenvalue weighted by molar-refractivity contribution is 7.98. The summed E-state index contributed by atoms with van der Waals surface area (Å²) in [6.07, 6.45) is 0. The van der Waals surface area contributed by atoms with Crippen LogP contribution in [0.15, 0.2) is 5.38 Å². The molecule has 0 amide bonds. The van der Waals surface area contributed by atoms with Gasteiger partial charge in [0.15, 0.2) is 0 Å². The maximum Gasteiger partial charge on any atom is 0.103 e. The Balaban J connectivity index is 2.47. The second-order valence-corrected chi connectivity index (χ2v) is 6.84. The quantitative estimate of drug-likeness (QED) is 0.885. The number of hydrogen-bond donors (Lipinski definition) is 1. The van der Waals surface area contributed by atoms with Crippen molar-refractivity contribution in [1.82, 2.24) is 4.98 Å². The first-order chi connectivity index (χ1) is 6.89. The smallest absolute Gasteiger partial charge is 0.103 e. The molecule has 15 heavy (non-hydrogen) atoms. The van der Waals surface area contributed by atoms with Crippen molar-refractivity contribution in [3.05, 3.63) is 16.1 Å². The molecular weight excluding hydrogens is 224 g/mol. The predicted octanol–water partition coefficient (Wildman–Crippen LogP) is 3.02. The highest BCUT2D eigenvalue weighted by Crippen LogP contribution is 2.25. The Kier molecular flexibility index (Phi) is 4.62. The van der Waals surface area contributed by atoms with Gasteiger partial charge in [0.25, 0.3) is 0 Å². The summed E-state index contributed by atoms with van der Waals surface area (Å²) in [6, 6.07) is 0.275. The maximum atomic E-state index is 5.69. The summed E-state index contributed by atoms with van der Waals surface area (Å²) in [7, 11) is 0. The normalized spacial score (nSPS) is 14.2. The van der Waals surface area contributed by atoms with Crippen molar-refractivity contribution >= 4 is 23.1 Å². The lowest BCUT2D eigenvalue weighted by molar-refractivity contribution is 0.572. The van der Waals surface area contributed by atoms with Gasteiger partial charge in [0.2, 0.25) is 0 Å². The molecule has 1 unspecified atom stereocenters. The molecule has 0 radical (unpaired) electrons. The van der Waals surface area contributed by atoms with Gasteiger partial charge in [-0.25, -0.2) is 4.98 Å². The Labute approximate surface area is 101 Å². The van der Waals surface area contributed by atoms with Gasteiger partial charge < -0.3 is 5.73 Å². The Morgan fingerprint density at radius 3 is 2.67 bits per heavy atom. The third-order valence-corrected chi connectivity index (χ3v) is 4.20. The summed E-state index contributed by atoms with van der Waals surface area (Å²) in [5.74, 6) is 1.99. The van der Waals surface area contributed by atoms with Crippen LogP contribution in [0.25, 0.3) is 0 Å². The Morgan fingerprint density at radius 1 is 1.53 bits per heavy atom. The molecule has 0 spiro atoms. The van der Waals surface area contributed by atoms with Crippen molar-refractivity contribution in [2.45, 2.75) is 44.9 Å². The van der Waals surface area contributed by atoms with Gasteiger partial charge in [0, 0.05) is 28.3 Å². The van der Waals surface area contributed by atoms with E-state index in [1.807, 2.05) is 18.7 Å². The molecule has 0 fully saturated rings. The average molecular weight is 244 g/mol. The molecule has 0 saturated heterocycles. The molecule has 4 heteroatoms. The Morgan fingerprint density at radius 2 is 2.20 bits per heavy atom. The van der Waals surface area contributed by atoms with Crippen molar-refractivity contribution in [2.24, 2.45) is 5.73 Å². The molecule has 0 aliphatic heterocycles. The topological polar surface area (TPSA) is 38.9 Å².